The summed E-state index contributed by atoms with van der Waals surface area (Å²) in [4.78, 5) is 12.5. The molecule has 4 aliphatic carbocycles. The standard InChI is InChI=1S/C57H41N3.C51H36N2/c1-56(2)49-25-14-12-23-44(49)46-35-43(32-33-50(46)56)59(40-21-10-5-11-22-40)41-28-30-42(31-29-41)60-53-27-16-34-58-55(53)48-36-52-47(37-54(48)60)45-24-13-15-26-51(45)57(52,38-17-6-3-7-18-38)39-19-8-4-9-20-39;1-50(2)43-20-11-9-18-38(43)40-28-25-34(30-45(40)50)33-23-26-37(27-24-33)53-47-22-13-29-52-49(47)42-31-46-41(32-48(42)53)39-19-10-12-21-44(39)51(46,35-14-5-3-6-15-35)36-16-7-4-8-17-36/h3-37H,1-2H3;3-32H,1-2H3. The molecule has 0 unspecified atom stereocenters. The van der Waals surface area contributed by atoms with E-state index in [0.717, 1.165) is 72.3 Å². The van der Waals surface area contributed by atoms with E-state index in [2.05, 4.69) is 424 Å². The fourth-order valence-corrected chi connectivity index (χ4v) is 20.4. The molecular formula is C108H77N5. The molecule has 0 spiro atoms. The molecule has 19 aromatic rings. The summed E-state index contributed by atoms with van der Waals surface area (Å²) in [6, 6.07) is 141. The van der Waals surface area contributed by atoms with E-state index < -0.39 is 10.8 Å². The smallest absolute Gasteiger partial charge is 0.0963 e. The van der Waals surface area contributed by atoms with E-state index >= 15 is 0 Å². The average Bonchev–Trinajstić information content (AvgIpc) is 1.53. The molecular weight excluding hydrogens is 1370 g/mol. The molecule has 4 aromatic heterocycles. The number of rotatable bonds is 10. The quantitative estimate of drug-likeness (QED) is 0.137. The van der Waals surface area contributed by atoms with E-state index in [9.17, 15) is 0 Å². The second-order valence-electron chi connectivity index (χ2n) is 31.9. The van der Waals surface area contributed by atoms with E-state index in [0.29, 0.717) is 0 Å². The van der Waals surface area contributed by atoms with E-state index in [1.54, 1.807) is 0 Å². The lowest BCUT2D eigenvalue weighted by Gasteiger charge is -2.33. The minimum atomic E-state index is -0.482. The lowest BCUT2D eigenvalue weighted by molar-refractivity contribution is 0.660. The summed E-state index contributed by atoms with van der Waals surface area (Å²) in [6.45, 7) is 9.37. The van der Waals surface area contributed by atoms with Gasteiger partial charge in [-0.15, -0.1) is 0 Å². The molecule has 0 saturated heterocycles. The molecule has 5 nitrogen and oxygen atoms in total. The molecule has 0 bridgehead atoms. The highest BCUT2D eigenvalue weighted by Crippen LogP contribution is 2.61. The minimum Gasteiger partial charge on any atom is -0.310 e. The Morgan fingerprint density at radius 1 is 0.230 bits per heavy atom. The summed E-state index contributed by atoms with van der Waals surface area (Å²) in [7, 11) is 0. The first-order chi connectivity index (χ1) is 55.6. The molecule has 0 amide bonds. The van der Waals surface area contributed by atoms with Gasteiger partial charge in [-0.25, -0.2) is 0 Å². The van der Waals surface area contributed by atoms with Crippen LogP contribution in [0, 0.1) is 0 Å². The van der Waals surface area contributed by atoms with Crippen molar-refractivity contribution in [3.8, 4) is 67.0 Å². The number of nitrogens with zero attached hydrogens (tertiary/aromatic N) is 5. The van der Waals surface area contributed by atoms with Crippen LogP contribution in [0.4, 0.5) is 17.1 Å². The fraction of sp³-hybridized carbons (Fsp3) is 0.0741. The van der Waals surface area contributed by atoms with Gasteiger partial charge in [0.25, 0.3) is 0 Å². The molecule has 0 radical (unpaired) electrons. The highest BCUT2D eigenvalue weighted by atomic mass is 15.1. The number of para-hydroxylation sites is 1. The number of hydrogen-bond acceptors (Lipinski definition) is 3. The summed E-state index contributed by atoms with van der Waals surface area (Å²) in [5.74, 6) is 0. The molecule has 4 heterocycles. The number of aromatic nitrogens is 4. The maximum absolute atomic E-state index is 5.07. The Morgan fingerprint density at radius 2 is 0.575 bits per heavy atom. The van der Waals surface area contributed by atoms with Crippen LogP contribution in [0.25, 0.3) is 111 Å². The summed E-state index contributed by atoms with van der Waals surface area (Å²) in [6.07, 6.45) is 3.85. The van der Waals surface area contributed by atoms with Gasteiger partial charge in [0.15, 0.2) is 0 Å². The summed E-state index contributed by atoms with van der Waals surface area (Å²) >= 11 is 0. The first-order valence-electron chi connectivity index (χ1n) is 39.4. The Bertz CT molecular complexity index is 6930. The molecule has 0 saturated carbocycles. The van der Waals surface area contributed by atoms with Gasteiger partial charge in [0.1, 0.15) is 0 Å². The first kappa shape index (κ1) is 66.0. The van der Waals surface area contributed by atoms with E-state index in [4.69, 9.17) is 9.97 Å². The Kier molecular flexibility index (Phi) is 14.8. The van der Waals surface area contributed by atoms with E-state index in [1.807, 2.05) is 12.4 Å². The van der Waals surface area contributed by atoms with Crippen molar-refractivity contribution in [1.82, 2.24) is 19.1 Å². The van der Waals surface area contributed by atoms with Crippen molar-refractivity contribution >= 4 is 60.9 Å². The van der Waals surface area contributed by atoms with Crippen molar-refractivity contribution in [2.75, 3.05) is 4.90 Å². The molecule has 0 N–H and O–H groups in total. The SMILES string of the molecule is CC1(C)c2ccccc2-c2cc(N(c3ccccc3)c3ccc(-n4c5cc6c(cc5c5ncccc54)C(c4ccccc4)(c4ccccc4)c4ccccc4-6)cc3)ccc21.CC1(C)c2ccccc2-c2ccc(-c3ccc(-n4c5cc6c(cc5c5ncccc54)C(c4ccccc4)(c4ccccc4)c4ccccc4-6)cc3)cc21. The average molecular weight is 1440 g/mol. The van der Waals surface area contributed by atoms with Crippen molar-refractivity contribution < 1.29 is 0 Å². The summed E-state index contributed by atoms with van der Waals surface area (Å²) in [5.41, 5.74) is 39.7. The Morgan fingerprint density at radius 3 is 1.04 bits per heavy atom. The second kappa shape index (κ2) is 25.3. The Labute approximate surface area is 658 Å². The van der Waals surface area contributed by atoms with Crippen LogP contribution < -0.4 is 4.90 Å². The summed E-state index contributed by atoms with van der Waals surface area (Å²) < 4.78 is 4.80. The topological polar surface area (TPSA) is 38.9 Å². The highest BCUT2D eigenvalue weighted by molar-refractivity contribution is 6.12. The molecule has 5 heteroatoms. The Hall–Kier alpha value is -14.0. The van der Waals surface area contributed by atoms with Crippen LogP contribution in [0.3, 0.4) is 0 Å². The van der Waals surface area contributed by atoms with Crippen LogP contribution in [-0.4, -0.2) is 19.1 Å². The molecule has 23 rings (SSSR count). The number of benzene rings is 15. The molecule has 0 atom stereocenters. The van der Waals surface area contributed by atoms with Gasteiger partial charge in [0, 0.05) is 62.4 Å². The predicted molar refractivity (Wildman–Crippen MR) is 467 cm³/mol. The molecule has 15 aromatic carbocycles. The van der Waals surface area contributed by atoms with Crippen LogP contribution in [0.2, 0.25) is 0 Å². The van der Waals surface area contributed by atoms with E-state index in [-0.39, 0.29) is 10.8 Å². The molecule has 113 heavy (non-hydrogen) atoms. The third-order valence-electron chi connectivity index (χ3n) is 25.4. The normalized spacial score (nSPS) is 14.3. The van der Waals surface area contributed by atoms with Gasteiger partial charge in [0.2, 0.25) is 0 Å². The van der Waals surface area contributed by atoms with Gasteiger partial charge in [-0.05, 0) is 238 Å². The second-order valence-corrected chi connectivity index (χ2v) is 31.9. The third-order valence-corrected chi connectivity index (χ3v) is 25.4. The first-order valence-corrected chi connectivity index (χ1v) is 39.4. The lowest BCUT2D eigenvalue weighted by atomic mass is 9.67. The Balaban J connectivity index is 0.000000139. The molecule has 4 aliphatic rings. The van der Waals surface area contributed by atoms with Gasteiger partial charge in [-0.1, -0.05) is 295 Å². The van der Waals surface area contributed by atoms with Crippen LogP contribution in [0.1, 0.15) is 94.5 Å². The van der Waals surface area contributed by atoms with Crippen LogP contribution >= 0.6 is 0 Å². The number of anilines is 3. The minimum absolute atomic E-state index is 0.0324. The molecule has 0 aliphatic heterocycles. The molecule has 0 fully saturated rings. The van der Waals surface area contributed by atoms with Crippen LogP contribution in [0.15, 0.2) is 395 Å². The maximum atomic E-state index is 5.07. The van der Waals surface area contributed by atoms with Gasteiger partial charge in [-0.3, -0.25) is 9.97 Å². The van der Waals surface area contributed by atoms with Gasteiger partial charge in [0.05, 0.1) is 43.9 Å². The summed E-state index contributed by atoms with van der Waals surface area (Å²) in [5, 5.41) is 2.30. The van der Waals surface area contributed by atoms with Crippen molar-refractivity contribution in [2.24, 2.45) is 0 Å². The zero-order chi connectivity index (χ0) is 75.3. The van der Waals surface area contributed by atoms with Crippen LogP contribution in [0.5, 0.6) is 0 Å². The van der Waals surface area contributed by atoms with Crippen molar-refractivity contribution in [2.45, 2.75) is 49.4 Å². The van der Waals surface area contributed by atoms with Gasteiger partial charge >= 0.3 is 0 Å². The zero-order valence-corrected chi connectivity index (χ0v) is 63.3. The number of pyridine rings is 2. The number of hydrogen-bond donors (Lipinski definition) is 0. The van der Waals surface area contributed by atoms with Gasteiger partial charge in [-0.2, -0.15) is 0 Å². The third kappa shape index (κ3) is 9.65. The van der Waals surface area contributed by atoms with Crippen molar-refractivity contribution in [1.29, 1.82) is 0 Å². The predicted octanol–water partition coefficient (Wildman–Crippen LogP) is 26.8. The maximum Gasteiger partial charge on any atom is 0.0963 e. The van der Waals surface area contributed by atoms with E-state index in [1.165, 1.54) is 122 Å². The van der Waals surface area contributed by atoms with Crippen molar-refractivity contribution in [3.63, 3.8) is 0 Å². The zero-order valence-electron chi connectivity index (χ0n) is 63.3. The lowest BCUT2D eigenvalue weighted by Crippen LogP contribution is -2.28. The highest BCUT2D eigenvalue weighted by Gasteiger charge is 2.49. The monoisotopic (exact) mass is 1440 g/mol. The van der Waals surface area contributed by atoms with Crippen LogP contribution in [-0.2, 0) is 21.7 Å². The molecule has 534 valence electrons. The van der Waals surface area contributed by atoms with Crippen molar-refractivity contribution in [3.05, 3.63) is 461 Å². The number of fused-ring (bicyclic) bond motifs is 18. The largest absolute Gasteiger partial charge is 0.310 e. The fourth-order valence-electron chi connectivity index (χ4n) is 20.4. The van der Waals surface area contributed by atoms with Gasteiger partial charge < -0.3 is 14.0 Å².